The van der Waals surface area contributed by atoms with E-state index in [2.05, 4.69) is 0 Å². The summed E-state index contributed by atoms with van der Waals surface area (Å²) in [6.07, 6.45) is 0. The molecule has 0 aliphatic carbocycles. The SMILES string of the molecule is CC(CN)S(=O)(=O)Cc1cccc(F)c1. The molecule has 1 aromatic carbocycles. The Hall–Kier alpha value is -0.940. The van der Waals surface area contributed by atoms with Crippen LogP contribution in [0.2, 0.25) is 0 Å². The first-order valence-corrected chi connectivity index (χ1v) is 6.33. The molecule has 0 spiro atoms. The zero-order valence-electron chi connectivity index (χ0n) is 8.48. The summed E-state index contributed by atoms with van der Waals surface area (Å²) in [6.45, 7) is 1.63. The van der Waals surface area contributed by atoms with Gasteiger partial charge in [-0.25, -0.2) is 12.8 Å². The van der Waals surface area contributed by atoms with Gasteiger partial charge in [0.1, 0.15) is 5.82 Å². The van der Waals surface area contributed by atoms with Crippen LogP contribution in [0.1, 0.15) is 12.5 Å². The monoisotopic (exact) mass is 231 g/mol. The van der Waals surface area contributed by atoms with Crippen LogP contribution in [0.5, 0.6) is 0 Å². The van der Waals surface area contributed by atoms with Gasteiger partial charge >= 0.3 is 0 Å². The van der Waals surface area contributed by atoms with E-state index in [0.29, 0.717) is 5.56 Å². The van der Waals surface area contributed by atoms with Crippen molar-refractivity contribution in [2.45, 2.75) is 17.9 Å². The van der Waals surface area contributed by atoms with Crippen LogP contribution in [0, 0.1) is 5.82 Å². The molecule has 0 heterocycles. The molecule has 84 valence electrons. The van der Waals surface area contributed by atoms with Crippen LogP contribution in [0.4, 0.5) is 4.39 Å². The van der Waals surface area contributed by atoms with Crippen LogP contribution < -0.4 is 5.73 Å². The molecule has 0 aliphatic heterocycles. The van der Waals surface area contributed by atoms with Gasteiger partial charge in [0.2, 0.25) is 0 Å². The summed E-state index contributed by atoms with van der Waals surface area (Å²) in [5.74, 6) is -0.591. The predicted octanol–water partition coefficient (Wildman–Crippen LogP) is 1.09. The third-order valence-electron chi connectivity index (χ3n) is 2.20. The lowest BCUT2D eigenvalue weighted by atomic mass is 10.2. The first-order chi connectivity index (χ1) is 6.95. The normalized spacial score (nSPS) is 13.8. The number of halogens is 1. The van der Waals surface area contributed by atoms with Crippen molar-refractivity contribution in [3.05, 3.63) is 35.6 Å². The molecule has 5 heteroatoms. The number of nitrogens with two attached hydrogens (primary N) is 1. The highest BCUT2D eigenvalue weighted by molar-refractivity contribution is 7.91. The lowest BCUT2D eigenvalue weighted by Gasteiger charge is -2.10. The van der Waals surface area contributed by atoms with Crippen LogP contribution in [0.15, 0.2) is 24.3 Å². The fraction of sp³-hybridized carbons (Fsp3) is 0.400. The summed E-state index contributed by atoms with van der Waals surface area (Å²) in [6, 6.07) is 5.58. The molecule has 0 fully saturated rings. The summed E-state index contributed by atoms with van der Waals surface area (Å²) < 4.78 is 36.1. The highest BCUT2D eigenvalue weighted by Gasteiger charge is 2.19. The maximum absolute atomic E-state index is 12.8. The van der Waals surface area contributed by atoms with Crippen molar-refractivity contribution in [1.82, 2.24) is 0 Å². The van der Waals surface area contributed by atoms with Gasteiger partial charge in [0.15, 0.2) is 9.84 Å². The van der Waals surface area contributed by atoms with E-state index in [9.17, 15) is 12.8 Å². The van der Waals surface area contributed by atoms with Crippen molar-refractivity contribution in [1.29, 1.82) is 0 Å². The van der Waals surface area contributed by atoms with Gasteiger partial charge < -0.3 is 5.73 Å². The van der Waals surface area contributed by atoms with Crippen molar-refractivity contribution >= 4 is 9.84 Å². The molecule has 0 amide bonds. The largest absolute Gasteiger partial charge is 0.329 e. The van der Waals surface area contributed by atoms with Crippen LogP contribution in [-0.2, 0) is 15.6 Å². The average Bonchev–Trinajstić information content (AvgIpc) is 2.15. The first kappa shape index (κ1) is 12.1. The van der Waals surface area contributed by atoms with E-state index < -0.39 is 20.9 Å². The fourth-order valence-corrected chi connectivity index (χ4v) is 2.37. The molecule has 3 nitrogen and oxygen atoms in total. The minimum Gasteiger partial charge on any atom is -0.329 e. The van der Waals surface area contributed by atoms with Crippen molar-refractivity contribution in [3.8, 4) is 0 Å². The Morgan fingerprint density at radius 2 is 2.13 bits per heavy atom. The molecule has 1 unspecified atom stereocenters. The summed E-state index contributed by atoms with van der Waals surface area (Å²) in [4.78, 5) is 0. The molecule has 1 atom stereocenters. The van der Waals surface area contributed by atoms with Gasteiger partial charge in [-0.15, -0.1) is 0 Å². The molecule has 1 rings (SSSR count). The van der Waals surface area contributed by atoms with Crippen molar-refractivity contribution < 1.29 is 12.8 Å². The molecule has 0 aromatic heterocycles. The Kier molecular flexibility index (Phi) is 3.82. The van der Waals surface area contributed by atoms with E-state index >= 15 is 0 Å². The van der Waals surface area contributed by atoms with Gasteiger partial charge in [-0.05, 0) is 24.6 Å². The van der Waals surface area contributed by atoms with E-state index in [1.165, 1.54) is 18.2 Å². The smallest absolute Gasteiger partial charge is 0.158 e. The Morgan fingerprint density at radius 3 is 2.67 bits per heavy atom. The predicted molar refractivity (Wildman–Crippen MR) is 57.5 cm³/mol. The first-order valence-electron chi connectivity index (χ1n) is 4.62. The van der Waals surface area contributed by atoms with Gasteiger partial charge in [0.25, 0.3) is 0 Å². The number of benzene rings is 1. The maximum atomic E-state index is 12.8. The number of hydrogen-bond acceptors (Lipinski definition) is 3. The second-order valence-corrected chi connectivity index (χ2v) is 5.90. The molecule has 0 aliphatic rings. The van der Waals surface area contributed by atoms with E-state index in [1.54, 1.807) is 13.0 Å². The molecule has 0 bridgehead atoms. The van der Waals surface area contributed by atoms with E-state index in [1.807, 2.05) is 0 Å². The van der Waals surface area contributed by atoms with Gasteiger partial charge in [-0.1, -0.05) is 12.1 Å². The lowest BCUT2D eigenvalue weighted by molar-refractivity contribution is 0.582. The fourth-order valence-electron chi connectivity index (χ4n) is 1.15. The van der Waals surface area contributed by atoms with Crippen LogP contribution in [0.25, 0.3) is 0 Å². The minimum atomic E-state index is -3.27. The van der Waals surface area contributed by atoms with Crippen molar-refractivity contribution in [3.63, 3.8) is 0 Å². The summed E-state index contributed by atoms with van der Waals surface area (Å²) in [5.41, 5.74) is 5.74. The quantitative estimate of drug-likeness (QED) is 0.843. The zero-order chi connectivity index (χ0) is 11.5. The molecule has 0 saturated heterocycles. The number of hydrogen-bond donors (Lipinski definition) is 1. The standard InChI is InChI=1S/C10H14FNO2S/c1-8(6-12)15(13,14)7-9-3-2-4-10(11)5-9/h2-5,8H,6-7,12H2,1H3. The summed E-state index contributed by atoms with van der Waals surface area (Å²) >= 11 is 0. The molecule has 2 N–H and O–H groups in total. The van der Waals surface area contributed by atoms with Crippen LogP contribution >= 0.6 is 0 Å². The third-order valence-corrected chi connectivity index (χ3v) is 4.36. The van der Waals surface area contributed by atoms with Crippen LogP contribution in [-0.4, -0.2) is 20.2 Å². The van der Waals surface area contributed by atoms with Crippen LogP contribution in [0.3, 0.4) is 0 Å². The van der Waals surface area contributed by atoms with Gasteiger partial charge in [-0.2, -0.15) is 0 Å². The molecular weight excluding hydrogens is 217 g/mol. The van der Waals surface area contributed by atoms with E-state index in [-0.39, 0.29) is 12.3 Å². The second-order valence-electron chi connectivity index (χ2n) is 3.48. The molecule has 15 heavy (non-hydrogen) atoms. The molecule has 1 aromatic rings. The zero-order valence-corrected chi connectivity index (χ0v) is 9.30. The Labute approximate surface area is 89.0 Å². The highest BCUT2D eigenvalue weighted by atomic mass is 32.2. The van der Waals surface area contributed by atoms with Crippen molar-refractivity contribution in [2.75, 3.05) is 6.54 Å². The molecule has 0 saturated carbocycles. The summed E-state index contributed by atoms with van der Waals surface area (Å²) in [5, 5.41) is -0.597. The minimum absolute atomic E-state index is 0.0810. The van der Waals surface area contributed by atoms with E-state index in [0.717, 1.165) is 0 Å². The van der Waals surface area contributed by atoms with Gasteiger partial charge in [-0.3, -0.25) is 0 Å². The second kappa shape index (κ2) is 4.72. The third kappa shape index (κ3) is 3.28. The lowest BCUT2D eigenvalue weighted by Crippen LogP contribution is -2.27. The summed E-state index contributed by atoms with van der Waals surface area (Å²) in [7, 11) is -3.27. The maximum Gasteiger partial charge on any atom is 0.158 e. The average molecular weight is 231 g/mol. The van der Waals surface area contributed by atoms with E-state index in [4.69, 9.17) is 5.73 Å². The molecular formula is C10H14FNO2S. The topological polar surface area (TPSA) is 60.2 Å². The number of rotatable bonds is 4. The Balaban J connectivity index is 2.87. The highest BCUT2D eigenvalue weighted by Crippen LogP contribution is 2.11. The van der Waals surface area contributed by atoms with Gasteiger partial charge in [0.05, 0.1) is 11.0 Å². The van der Waals surface area contributed by atoms with Gasteiger partial charge in [0, 0.05) is 6.54 Å². The van der Waals surface area contributed by atoms with Crippen molar-refractivity contribution in [2.24, 2.45) is 5.73 Å². The molecule has 0 radical (unpaired) electrons. The number of sulfone groups is 1. The Morgan fingerprint density at radius 1 is 1.47 bits per heavy atom. The Bertz CT molecular complexity index is 431.